The molecule has 0 radical (unpaired) electrons. The lowest BCUT2D eigenvalue weighted by Crippen LogP contribution is -2.42. The molecule has 1 saturated carbocycles. The van der Waals surface area contributed by atoms with Crippen molar-refractivity contribution in [2.75, 3.05) is 6.61 Å². The zero-order chi connectivity index (χ0) is 14.7. The normalized spacial score (nSPS) is 25.4. The number of thioether (sulfide) groups is 1. The first kappa shape index (κ1) is 17.2. The van der Waals surface area contributed by atoms with Gasteiger partial charge in [-0.25, -0.2) is 0 Å². The van der Waals surface area contributed by atoms with Crippen molar-refractivity contribution >= 4 is 25.2 Å². The predicted molar refractivity (Wildman–Crippen MR) is 87.2 cm³/mol. The van der Waals surface area contributed by atoms with Crippen LogP contribution in [0, 0.1) is 5.92 Å². The molecule has 1 aliphatic carbocycles. The molecule has 1 fully saturated rings. The molecule has 0 aliphatic heterocycles. The molecule has 0 amide bonds. The van der Waals surface area contributed by atoms with Crippen LogP contribution in [0.2, 0.25) is 18.1 Å². The van der Waals surface area contributed by atoms with E-state index in [9.17, 15) is 4.79 Å². The third kappa shape index (κ3) is 5.60. The molecular weight excluding hydrogens is 272 g/mol. The first-order valence-corrected chi connectivity index (χ1v) is 11.2. The maximum absolute atomic E-state index is 11.1. The molecule has 0 N–H and O–H groups in total. The van der Waals surface area contributed by atoms with Gasteiger partial charge in [-0.15, -0.1) is 0 Å². The number of carbonyl (C=O) groups excluding carboxylic acids is 1. The van der Waals surface area contributed by atoms with Gasteiger partial charge in [0.15, 0.2) is 13.4 Å². The topological polar surface area (TPSA) is 26.3 Å². The fraction of sp³-hybridized carbons (Fsp3) is 0.933. The van der Waals surface area contributed by atoms with Crippen molar-refractivity contribution in [3.05, 3.63) is 0 Å². The van der Waals surface area contributed by atoms with Crippen molar-refractivity contribution in [2.24, 2.45) is 5.92 Å². The lowest BCUT2D eigenvalue weighted by molar-refractivity contribution is -0.109. The first-order valence-electron chi connectivity index (χ1n) is 7.43. The summed E-state index contributed by atoms with van der Waals surface area (Å²) in [5.41, 5.74) is 0. The number of rotatable bonds is 4. The largest absolute Gasteiger partial charge is 0.417 e. The van der Waals surface area contributed by atoms with Crippen molar-refractivity contribution in [2.45, 2.75) is 76.8 Å². The Bertz CT molecular complexity index is 302. The Morgan fingerprint density at radius 2 is 1.74 bits per heavy atom. The lowest BCUT2D eigenvalue weighted by Gasteiger charge is -2.38. The highest BCUT2D eigenvalue weighted by Crippen LogP contribution is 2.38. The zero-order valence-electron chi connectivity index (χ0n) is 13.4. The maximum Gasteiger partial charge on any atom is 0.191 e. The third-order valence-corrected chi connectivity index (χ3v) is 10.2. The summed E-state index contributed by atoms with van der Waals surface area (Å²) in [4.78, 5) is 11.1. The van der Waals surface area contributed by atoms with E-state index in [4.69, 9.17) is 4.43 Å². The van der Waals surface area contributed by atoms with Crippen LogP contribution in [-0.4, -0.2) is 25.3 Å². The molecule has 1 rings (SSSR count). The van der Waals surface area contributed by atoms with Gasteiger partial charge in [0.25, 0.3) is 0 Å². The summed E-state index contributed by atoms with van der Waals surface area (Å²) in [7, 11) is -1.59. The van der Waals surface area contributed by atoms with Crippen molar-refractivity contribution in [3.63, 3.8) is 0 Å². The van der Waals surface area contributed by atoms with E-state index in [0.717, 1.165) is 6.61 Å². The van der Waals surface area contributed by atoms with E-state index in [-0.39, 0.29) is 5.12 Å². The summed E-state index contributed by atoms with van der Waals surface area (Å²) in [5, 5.41) is 1.12. The average Bonchev–Trinajstić information content (AvgIpc) is 2.26. The van der Waals surface area contributed by atoms with Crippen molar-refractivity contribution < 1.29 is 9.22 Å². The van der Waals surface area contributed by atoms with Gasteiger partial charge in [0, 0.05) is 18.8 Å². The van der Waals surface area contributed by atoms with Gasteiger partial charge in [-0.05, 0) is 49.7 Å². The first-order chi connectivity index (χ1) is 8.62. The summed E-state index contributed by atoms with van der Waals surface area (Å²) in [5.74, 6) is 0.706. The van der Waals surface area contributed by atoms with E-state index in [0.29, 0.717) is 16.2 Å². The lowest BCUT2D eigenvalue weighted by atomic mass is 9.90. The maximum atomic E-state index is 11.1. The van der Waals surface area contributed by atoms with Gasteiger partial charge in [-0.1, -0.05) is 32.5 Å². The predicted octanol–water partition coefficient (Wildman–Crippen LogP) is 4.85. The SMILES string of the molecule is CC(=O)SC1CCC(CO[Si](C)(C)C(C)(C)C)CC1. The van der Waals surface area contributed by atoms with Crippen molar-refractivity contribution in [1.29, 1.82) is 0 Å². The second-order valence-corrected chi connectivity index (χ2v) is 13.6. The quantitative estimate of drug-likeness (QED) is 0.695. The summed E-state index contributed by atoms with van der Waals surface area (Å²) in [6.07, 6.45) is 4.80. The van der Waals surface area contributed by atoms with E-state index in [1.54, 1.807) is 6.92 Å². The van der Waals surface area contributed by atoms with Gasteiger partial charge in [-0.2, -0.15) is 0 Å². The smallest absolute Gasteiger partial charge is 0.191 e. The molecule has 19 heavy (non-hydrogen) atoms. The number of carbonyl (C=O) groups is 1. The van der Waals surface area contributed by atoms with Crippen molar-refractivity contribution in [1.82, 2.24) is 0 Å². The van der Waals surface area contributed by atoms with E-state index in [2.05, 4.69) is 33.9 Å². The van der Waals surface area contributed by atoms with Gasteiger partial charge in [0.2, 0.25) is 0 Å². The molecule has 1 aliphatic rings. The average molecular weight is 303 g/mol. The Morgan fingerprint density at radius 1 is 1.21 bits per heavy atom. The molecule has 0 saturated heterocycles. The van der Waals surface area contributed by atoms with E-state index >= 15 is 0 Å². The van der Waals surface area contributed by atoms with Gasteiger partial charge in [0.05, 0.1) is 0 Å². The van der Waals surface area contributed by atoms with Crippen LogP contribution in [0.1, 0.15) is 53.4 Å². The summed E-state index contributed by atoms with van der Waals surface area (Å²) in [6, 6.07) is 0. The standard InChI is InChI=1S/C15H30O2SSi/c1-12(16)18-14-9-7-13(8-10-14)11-17-19(5,6)15(2,3)4/h13-14H,7-11H2,1-6H3. The van der Waals surface area contributed by atoms with Crippen molar-refractivity contribution in [3.8, 4) is 0 Å². The molecule has 2 nitrogen and oxygen atoms in total. The molecule has 0 aromatic rings. The highest BCUT2D eigenvalue weighted by Gasteiger charge is 2.37. The molecule has 4 heteroatoms. The van der Waals surface area contributed by atoms with Crippen LogP contribution in [-0.2, 0) is 9.22 Å². The molecular formula is C15H30O2SSi. The molecule has 112 valence electrons. The zero-order valence-corrected chi connectivity index (χ0v) is 15.2. The van der Waals surface area contributed by atoms with Gasteiger partial charge in [0.1, 0.15) is 0 Å². The highest BCUT2D eigenvalue weighted by atomic mass is 32.2. The number of hydrogen-bond donors (Lipinski definition) is 0. The minimum Gasteiger partial charge on any atom is -0.417 e. The molecule has 0 aromatic heterocycles. The molecule has 0 atom stereocenters. The van der Waals surface area contributed by atoms with Crippen LogP contribution in [0.3, 0.4) is 0 Å². The monoisotopic (exact) mass is 302 g/mol. The molecule has 0 aromatic carbocycles. The fourth-order valence-corrected chi connectivity index (χ4v) is 4.26. The number of hydrogen-bond acceptors (Lipinski definition) is 3. The second-order valence-electron chi connectivity index (χ2n) is 7.32. The Balaban J connectivity index is 2.32. The minimum atomic E-state index is -1.59. The van der Waals surface area contributed by atoms with Crippen LogP contribution < -0.4 is 0 Å². The second kappa shape index (κ2) is 6.77. The van der Waals surface area contributed by atoms with Crippen LogP contribution in [0.5, 0.6) is 0 Å². The Morgan fingerprint density at radius 3 is 2.16 bits per heavy atom. The Kier molecular flexibility index (Phi) is 6.14. The minimum absolute atomic E-state index is 0.265. The summed E-state index contributed by atoms with van der Waals surface area (Å²) >= 11 is 1.53. The third-order valence-electron chi connectivity index (χ3n) is 4.61. The van der Waals surface area contributed by atoms with Crippen LogP contribution >= 0.6 is 11.8 Å². The highest BCUT2D eigenvalue weighted by molar-refractivity contribution is 8.14. The van der Waals surface area contributed by atoms with Crippen LogP contribution in [0.15, 0.2) is 0 Å². The molecule has 0 spiro atoms. The van der Waals surface area contributed by atoms with Crippen LogP contribution in [0.4, 0.5) is 0 Å². The summed E-state index contributed by atoms with van der Waals surface area (Å²) in [6.45, 7) is 14.1. The van der Waals surface area contributed by atoms with E-state index in [1.165, 1.54) is 37.4 Å². The molecule has 0 bridgehead atoms. The van der Waals surface area contributed by atoms with Gasteiger partial charge in [-0.3, -0.25) is 4.79 Å². The fourth-order valence-electron chi connectivity index (χ4n) is 2.19. The van der Waals surface area contributed by atoms with Gasteiger partial charge >= 0.3 is 0 Å². The Hall–Kier alpha value is 0.197. The van der Waals surface area contributed by atoms with Gasteiger partial charge < -0.3 is 4.43 Å². The van der Waals surface area contributed by atoms with Crippen LogP contribution in [0.25, 0.3) is 0 Å². The molecule has 0 heterocycles. The Labute approximate surface area is 124 Å². The molecule has 0 unspecified atom stereocenters. The van der Waals surface area contributed by atoms with E-state index in [1.807, 2.05) is 0 Å². The summed E-state index contributed by atoms with van der Waals surface area (Å²) < 4.78 is 6.31. The van der Waals surface area contributed by atoms with E-state index < -0.39 is 8.32 Å².